The molecule has 144 valence electrons. The fraction of sp³-hybridized carbons (Fsp3) is 0.895. The average molecular weight is 353 g/mol. The molecule has 25 heavy (non-hydrogen) atoms. The normalized spacial score (nSPS) is 23.3. The second-order valence-electron chi connectivity index (χ2n) is 8.36. The number of amides is 1. The van der Waals surface area contributed by atoms with Gasteiger partial charge in [-0.2, -0.15) is 0 Å². The standard InChI is InChI=1S/C19H36N4O2/c1-19(2,3)25-18(24)23-14-8-9-16(15-23)10-11-21-17(20)22-12-6-4-5-7-13-22/h16H,4-15H2,1-3H3,(H2,20,21). The summed E-state index contributed by atoms with van der Waals surface area (Å²) in [4.78, 5) is 20.9. The Balaban J connectivity index is 1.76. The van der Waals surface area contributed by atoms with E-state index in [9.17, 15) is 4.79 Å². The van der Waals surface area contributed by atoms with Gasteiger partial charge in [0.25, 0.3) is 0 Å². The van der Waals surface area contributed by atoms with Gasteiger partial charge in [-0.25, -0.2) is 4.79 Å². The van der Waals surface area contributed by atoms with Gasteiger partial charge < -0.3 is 20.3 Å². The molecular formula is C19H36N4O2. The highest BCUT2D eigenvalue weighted by molar-refractivity contribution is 5.78. The molecule has 2 aliphatic heterocycles. The molecule has 0 aromatic carbocycles. The van der Waals surface area contributed by atoms with Crippen LogP contribution in [0.4, 0.5) is 4.79 Å². The summed E-state index contributed by atoms with van der Waals surface area (Å²) in [7, 11) is 0. The van der Waals surface area contributed by atoms with E-state index >= 15 is 0 Å². The molecule has 1 unspecified atom stereocenters. The second kappa shape index (κ2) is 9.30. The van der Waals surface area contributed by atoms with Gasteiger partial charge in [0.15, 0.2) is 5.96 Å². The zero-order valence-electron chi connectivity index (χ0n) is 16.3. The number of hydrogen-bond acceptors (Lipinski definition) is 3. The number of piperidine rings is 1. The average Bonchev–Trinajstić information content (AvgIpc) is 2.83. The first-order valence-corrected chi connectivity index (χ1v) is 9.88. The number of guanidine groups is 1. The highest BCUT2D eigenvalue weighted by Crippen LogP contribution is 2.21. The summed E-state index contributed by atoms with van der Waals surface area (Å²) >= 11 is 0. The molecule has 1 amide bonds. The van der Waals surface area contributed by atoms with Gasteiger partial charge >= 0.3 is 6.09 Å². The third kappa shape index (κ3) is 7.12. The van der Waals surface area contributed by atoms with Crippen molar-refractivity contribution in [1.29, 1.82) is 0 Å². The molecule has 0 aliphatic carbocycles. The maximum atomic E-state index is 12.2. The summed E-state index contributed by atoms with van der Waals surface area (Å²) in [6.45, 7) is 10.1. The molecule has 0 aromatic rings. The molecule has 0 spiro atoms. The van der Waals surface area contributed by atoms with Crippen LogP contribution in [0.3, 0.4) is 0 Å². The van der Waals surface area contributed by atoms with Gasteiger partial charge in [-0.1, -0.05) is 12.8 Å². The summed E-state index contributed by atoms with van der Waals surface area (Å²) < 4.78 is 5.49. The number of carbonyl (C=O) groups is 1. The first kappa shape index (κ1) is 19.9. The third-order valence-corrected chi connectivity index (χ3v) is 4.91. The maximum Gasteiger partial charge on any atom is 0.410 e. The van der Waals surface area contributed by atoms with E-state index in [0.29, 0.717) is 11.9 Å². The quantitative estimate of drug-likeness (QED) is 0.625. The van der Waals surface area contributed by atoms with Gasteiger partial charge in [-0.05, 0) is 58.8 Å². The van der Waals surface area contributed by atoms with Gasteiger partial charge in [0.2, 0.25) is 0 Å². The zero-order chi connectivity index (χ0) is 18.3. The van der Waals surface area contributed by atoms with Crippen molar-refractivity contribution in [1.82, 2.24) is 9.80 Å². The molecule has 2 rings (SSSR count). The van der Waals surface area contributed by atoms with Crippen LogP contribution < -0.4 is 5.73 Å². The van der Waals surface area contributed by atoms with Crippen LogP contribution in [0.15, 0.2) is 4.99 Å². The van der Waals surface area contributed by atoms with Gasteiger partial charge in [0.05, 0.1) is 0 Å². The van der Waals surface area contributed by atoms with E-state index in [0.717, 1.165) is 52.0 Å². The van der Waals surface area contributed by atoms with Crippen LogP contribution in [0.5, 0.6) is 0 Å². The zero-order valence-corrected chi connectivity index (χ0v) is 16.3. The van der Waals surface area contributed by atoms with Crippen LogP contribution in [0, 0.1) is 5.92 Å². The predicted octanol–water partition coefficient (Wildman–Crippen LogP) is 3.21. The molecule has 2 heterocycles. The van der Waals surface area contributed by atoms with Crippen LogP contribution in [-0.4, -0.2) is 60.2 Å². The molecule has 6 heteroatoms. The molecular weight excluding hydrogens is 316 g/mol. The van der Waals surface area contributed by atoms with E-state index < -0.39 is 5.60 Å². The smallest absolute Gasteiger partial charge is 0.410 e. The maximum absolute atomic E-state index is 12.2. The Morgan fingerprint density at radius 2 is 1.72 bits per heavy atom. The highest BCUT2D eigenvalue weighted by atomic mass is 16.6. The molecule has 1 atom stereocenters. The van der Waals surface area contributed by atoms with Crippen molar-refractivity contribution in [3.63, 3.8) is 0 Å². The monoisotopic (exact) mass is 352 g/mol. The van der Waals surface area contributed by atoms with Crippen LogP contribution in [0.25, 0.3) is 0 Å². The molecule has 2 N–H and O–H groups in total. The van der Waals surface area contributed by atoms with Crippen LogP contribution in [-0.2, 0) is 4.74 Å². The molecule has 0 saturated carbocycles. The first-order valence-electron chi connectivity index (χ1n) is 9.88. The van der Waals surface area contributed by atoms with E-state index in [-0.39, 0.29) is 6.09 Å². The van der Waals surface area contributed by atoms with E-state index in [1.54, 1.807) is 0 Å². The van der Waals surface area contributed by atoms with E-state index in [1.165, 1.54) is 25.7 Å². The fourth-order valence-corrected chi connectivity index (χ4v) is 3.55. The van der Waals surface area contributed by atoms with Gasteiger partial charge in [-0.15, -0.1) is 0 Å². The SMILES string of the molecule is CC(C)(C)OC(=O)N1CCCC(CCN=C(N)N2CCCCCC2)C1. The van der Waals surface area contributed by atoms with Crippen LogP contribution in [0.2, 0.25) is 0 Å². The number of aliphatic imine (C=N–C) groups is 1. The predicted molar refractivity (Wildman–Crippen MR) is 102 cm³/mol. The topological polar surface area (TPSA) is 71.2 Å². The Labute approximate surface area is 152 Å². The molecule has 6 nitrogen and oxygen atoms in total. The summed E-state index contributed by atoms with van der Waals surface area (Å²) in [6, 6.07) is 0. The Kier molecular flexibility index (Phi) is 7.38. The number of likely N-dealkylation sites (tertiary alicyclic amines) is 2. The Hall–Kier alpha value is -1.46. The Bertz CT molecular complexity index is 451. The lowest BCUT2D eigenvalue weighted by atomic mass is 9.95. The summed E-state index contributed by atoms with van der Waals surface area (Å²) in [5, 5.41) is 0. The highest BCUT2D eigenvalue weighted by Gasteiger charge is 2.27. The van der Waals surface area contributed by atoms with E-state index in [2.05, 4.69) is 9.89 Å². The lowest BCUT2D eigenvalue weighted by Crippen LogP contribution is -2.43. The number of nitrogens with two attached hydrogens (primary N) is 1. The third-order valence-electron chi connectivity index (χ3n) is 4.91. The number of rotatable bonds is 3. The van der Waals surface area contributed by atoms with E-state index in [4.69, 9.17) is 10.5 Å². The minimum Gasteiger partial charge on any atom is -0.444 e. The van der Waals surface area contributed by atoms with Crippen molar-refractivity contribution >= 4 is 12.1 Å². The second-order valence-corrected chi connectivity index (χ2v) is 8.36. The molecule has 0 bridgehead atoms. The molecule has 2 aliphatic rings. The molecule has 0 aromatic heterocycles. The van der Waals surface area contributed by atoms with Gasteiger partial charge in [0, 0.05) is 32.7 Å². The van der Waals surface area contributed by atoms with Gasteiger partial charge in [0.1, 0.15) is 5.60 Å². The Morgan fingerprint density at radius 3 is 2.36 bits per heavy atom. The number of hydrogen-bond donors (Lipinski definition) is 1. The van der Waals surface area contributed by atoms with Crippen molar-refractivity contribution in [2.45, 2.75) is 71.3 Å². The van der Waals surface area contributed by atoms with Crippen molar-refractivity contribution < 1.29 is 9.53 Å². The summed E-state index contributed by atoms with van der Waals surface area (Å²) in [5.41, 5.74) is 5.74. The minimum absolute atomic E-state index is 0.190. The summed E-state index contributed by atoms with van der Waals surface area (Å²) in [6.07, 6.45) is 8.00. The number of nitrogens with zero attached hydrogens (tertiary/aromatic N) is 3. The van der Waals surface area contributed by atoms with Crippen molar-refractivity contribution in [3.05, 3.63) is 0 Å². The number of carbonyl (C=O) groups excluding carboxylic acids is 1. The van der Waals surface area contributed by atoms with E-state index in [1.807, 2.05) is 25.7 Å². The molecule has 2 saturated heterocycles. The lowest BCUT2D eigenvalue weighted by molar-refractivity contribution is 0.0163. The Morgan fingerprint density at radius 1 is 1.08 bits per heavy atom. The lowest BCUT2D eigenvalue weighted by Gasteiger charge is -2.34. The summed E-state index contributed by atoms with van der Waals surface area (Å²) in [5.74, 6) is 1.18. The fourth-order valence-electron chi connectivity index (χ4n) is 3.55. The van der Waals surface area contributed by atoms with Crippen LogP contribution >= 0.6 is 0 Å². The molecule has 2 fully saturated rings. The van der Waals surface area contributed by atoms with Crippen molar-refractivity contribution in [2.75, 3.05) is 32.7 Å². The number of ether oxygens (including phenoxy) is 1. The van der Waals surface area contributed by atoms with Crippen molar-refractivity contribution in [2.24, 2.45) is 16.6 Å². The largest absolute Gasteiger partial charge is 0.444 e. The minimum atomic E-state index is -0.435. The molecule has 0 radical (unpaired) electrons. The first-order chi connectivity index (χ1) is 11.8. The van der Waals surface area contributed by atoms with Crippen LogP contribution in [0.1, 0.15) is 65.7 Å². The van der Waals surface area contributed by atoms with Gasteiger partial charge in [-0.3, -0.25) is 4.99 Å². The van der Waals surface area contributed by atoms with Crippen molar-refractivity contribution in [3.8, 4) is 0 Å².